The number of nitrogens with one attached hydrogen (secondary N) is 1. The van der Waals surface area contributed by atoms with Crippen molar-refractivity contribution in [3.05, 3.63) is 35.4 Å². The van der Waals surface area contributed by atoms with Gasteiger partial charge >= 0.3 is 0 Å². The van der Waals surface area contributed by atoms with Gasteiger partial charge in [0.25, 0.3) is 5.91 Å². The van der Waals surface area contributed by atoms with E-state index in [0.29, 0.717) is 18.0 Å². The summed E-state index contributed by atoms with van der Waals surface area (Å²) in [5, 5.41) is 12.4. The Hall–Kier alpha value is -1.88. The highest BCUT2D eigenvalue weighted by Crippen LogP contribution is 2.38. The van der Waals surface area contributed by atoms with Gasteiger partial charge in [-0.3, -0.25) is 9.59 Å². The van der Waals surface area contributed by atoms with Crippen LogP contribution in [0.25, 0.3) is 0 Å². The zero-order valence-electron chi connectivity index (χ0n) is 14.6. The summed E-state index contributed by atoms with van der Waals surface area (Å²) in [5.41, 5.74) is 1.49. The Morgan fingerprint density at radius 2 is 2.12 bits per heavy atom. The summed E-state index contributed by atoms with van der Waals surface area (Å²) < 4.78 is 0. The first-order valence-electron chi connectivity index (χ1n) is 8.70. The first-order valence-corrected chi connectivity index (χ1v) is 8.70. The molecule has 1 aromatic carbocycles. The van der Waals surface area contributed by atoms with E-state index in [2.05, 4.69) is 12.2 Å². The van der Waals surface area contributed by atoms with Gasteiger partial charge in [-0.05, 0) is 55.7 Å². The third kappa shape index (κ3) is 4.57. The van der Waals surface area contributed by atoms with Crippen molar-refractivity contribution in [3.63, 3.8) is 0 Å². The van der Waals surface area contributed by atoms with Crippen molar-refractivity contribution in [2.24, 2.45) is 5.92 Å². The standard InChI is InChI=1S/C19H28N2O3/c1-3-19(10-8-15(12-19)9-11-22)20-18(24)17-6-4-16(5-7-17)13-21(2)14-23/h4-7,14-15,22H,3,8-13H2,1-2H3,(H,20,24). The zero-order chi connectivity index (χ0) is 17.6. The second-order valence-corrected chi connectivity index (χ2v) is 6.93. The van der Waals surface area contributed by atoms with Gasteiger partial charge in [0, 0.05) is 31.3 Å². The molecule has 0 radical (unpaired) electrons. The van der Waals surface area contributed by atoms with Crippen LogP contribution in [0, 0.1) is 5.92 Å². The van der Waals surface area contributed by atoms with Gasteiger partial charge in [0.2, 0.25) is 6.41 Å². The lowest BCUT2D eigenvalue weighted by Gasteiger charge is -2.30. The quantitative estimate of drug-likeness (QED) is 0.718. The molecular formula is C19H28N2O3. The minimum absolute atomic E-state index is 0.0446. The summed E-state index contributed by atoms with van der Waals surface area (Å²) in [6.07, 6.45) is 5.49. The largest absolute Gasteiger partial charge is 0.396 e. The average Bonchev–Trinajstić information content (AvgIpc) is 2.99. The van der Waals surface area contributed by atoms with Crippen molar-refractivity contribution in [1.82, 2.24) is 10.2 Å². The number of hydrogen-bond acceptors (Lipinski definition) is 3. The molecule has 2 unspecified atom stereocenters. The maximum Gasteiger partial charge on any atom is 0.251 e. The lowest BCUT2D eigenvalue weighted by atomic mass is 9.91. The lowest BCUT2D eigenvalue weighted by molar-refractivity contribution is -0.117. The number of carbonyl (C=O) groups excluding carboxylic acids is 2. The summed E-state index contributed by atoms with van der Waals surface area (Å²) in [5.74, 6) is 0.452. The highest BCUT2D eigenvalue weighted by molar-refractivity contribution is 5.94. The van der Waals surface area contributed by atoms with Gasteiger partial charge in [0.05, 0.1) is 0 Å². The predicted octanol–water partition coefficient (Wildman–Crippen LogP) is 2.34. The maximum absolute atomic E-state index is 12.6. The topological polar surface area (TPSA) is 69.6 Å². The molecule has 2 atom stereocenters. The molecule has 1 fully saturated rings. The lowest BCUT2D eigenvalue weighted by Crippen LogP contribution is -2.46. The molecule has 1 saturated carbocycles. The monoisotopic (exact) mass is 332 g/mol. The van der Waals surface area contributed by atoms with Crippen LogP contribution in [-0.2, 0) is 11.3 Å². The number of nitrogens with zero attached hydrogens (tertiary/aromatic N) is 1. The Balaban J connectivity index is 1.99. The number of aliphatic hydroxyl groups excluding tert-OH is 1. The Labute approximate surface area is 144 Å². The summed E-state index contributed by atoms with van der Waals surface area (Å²) in [6, 6.07) is 7.40. The molecule has 0 aliphatic heterocycles. The second-order valence-electron chi connectivity index (χ2n) is 6.93. The molecule has 5 heteroatoms. The van der Waals surface area contributed by atoms with E-state index < -0.39 is 0 Å². The normalized spacial score (nSPS) is 23.0. The van der Waals surface area contributed by atoms with Crippen molar-refractivity contribution >= 4 is 12.3 Å². The Morgan fingerprint density at radius 1 is 1.42 bits per heavy atom. The molecule has 0 heterocycles. The summed E-state index contributed by atoms with van der Waals surface area (Å²) >= 11 is 0. The minimum Gasteiger partial charge on any atom is -0.396 e. The number of benzene rings is 1. The maximum atomic E-state index is 12.6. The van der Waals surface area contributed by atoms with Crippen molar-refractivity contribution in [2.75, 3.05) is 13.7 Å². The van der Waals surface area contributed by atoms with E-state index >= 15 is 0 Å². The predicted molar refractivity (Wildman–Crippen MR) is 93.5 cm³/mol. The molecule has 24 heavy (non-hydrogen) atoms. The molecular weight excluding hydrogens is 304 g/mol. The van der Waals surface area contributed by atoms with Crippen LogP contribution in [0.15, 0.2) is 24.3 Å². The SMILES string of the molecule is CCC1(NC(=O)c2ccc(CN(C)C=O)cc2)CCC(CCO)C1. The van der Waals surface area contributed by atoms with Crippen molar-refractivity contribution in [3.8, 4) is 0 Å². The number of hydrogen-bond donors (Lipinski definition) is 2. The zero-order valence-corrected chi connectivity index (χ0v) is 14.6. The first-order chi connectivity index (χ1) is 11.5. The number of carbonyl (C=O) groups is 2. The second kappa shape index (κ2) is 8.29. The van der Waals surface area contributed by atoms with Gasteiger partial charge in [-0.15, -0.1) is 0 Å². The highest BCUT2D eigenvalue weighted by Gasteiger charge is 2.38. The van der Waals surface area contributed by atoms with E-state index in [1.54, 1.807) is 11.9 Å². The van der Waals surface area contributed by atoms with Crippen LogP contribution in [0.5, 0.6) is 0 Å². The van der Waals surface area contributed by atoms with Gasteiger partial charge in [-0.2, -0.15) is 0 Å². The molecule has 0 spiro atoms. The third-order valence-corrected chi connectivity index (χ3v) is 5.13. The van der Waals surface area contributed by atoms with Crippen LogP contribution in [0.2, 0.25) is 0 Å². The fraction of sp³-hybridized carbons (Fsp3) is 0.579. The molecule has 2 N–H and O–H groups in total. The van der Waals surface area contributed by atoms with E-state index in [9.17, 15) is 9.59 Å². The van der Waals surface area contributed by atoms with Crippen LogP contribution in [0.3, 0.4) is 0 Å². The average molecular weight is 332 g/mol. The number of aliphatic hydroxyl groups is 1. The molecule has 1 aliphatic carbocycles. The summed E-state index contributed by atoms with van der Waals surface area (Å²) in [7, 11) is 1.72. The van der Waals surface area contributed by atoms with E-state index in [1.807, 2.05) is 24.3 Å². The summed E-state index contributed by atoms with van der Waals surface area (Å²) in [6.45, 7) is 2.86. The van der Waals surface area contributed by atoms with Gasteiger partial charge in [0.15, 0.2) is 0 Å². The molecule has 0 saturated heterocycles. The number of rotatable bonds is 8. The number of amides is 2. The molecule has 1 aliphatic rings. The fourth-order valence-corrected chi connectivity index (χ4v) is 3.59. The fourth-order valence-electron chi connectivity index (χ4n) is 3.59. The minimum atomic E-state index is -0.146. The molecule has 132 valence electrons. The third-order valence-electron chi connectivity index (χ3n) is 5.13. The van der Waals surface area contributed by atoms with Gasteiger partial charge in [-0.1, -0.05) is 19.1 Å². The van der Waals surface area contributed by atoms with Crippen LogP contribution >= 0.6 is 0 Å². The van der Waals surface area contributed by atoms with Gasteiger partial charge < -0.3 is 15.3 Å². The van der Waals surface area contributed by atoms with E-state index in [4.69, 9.17) is 5.11 Å². The van der Waals surface area contributed by atoms with Gasteiger partial charge in [-0.25, -0.2) is 0 Å². The first kappa shape index (κ1) is 18.5. The van der Waals surface area contributed by atoms with Crippen LogP contribution in [0.1, 0.15) is 54.9 Å². The van der Waals surface area contributed by atoms with Gasteiger partial charge in [0.1, 0.15) is 0 Å². The molecule has 5 nitrogen and oxygen atoms in total. The van der Waals surface area contributed by atoms with Crippen LogP contribution in [-0.4, -0.2) is 41.5 Å². The van der Waals surface area contributed by atoms with E-state index in [-0.39, 0.29) is 18.1 Å². The van der Waals surface area contributed by atoms with Crippen LogP contribution < -0.4 is 5.32 Å². The van der Waals surface area contributed by atoms with Crippen molar-refractivity contribution < 1.29 is 14.7 Å². The van der Waals surface area contributed by atoms with E-state index in [0.717, 1.165) is 44.1 Å². The molecule has 2 rings (SSSR count). The molecule has 0 bridgehead atoms. The van der Waals surface area contributed by atoms with Crippen molar-refractivity contribution in [1.29, 1.82) is 0 Å². The smallest absolute Gasteiger partial charge is 0.251 e. The Kier molecular flexibility index (Phi) is 6.37. The van der Waals surface area contributed by atoms with Crippen molar-refractivity contribution in [2.45, 2.75) is 51.1 Å². The molecule has 0 aromatic heterocycles. The molecule has 2 amide bonds. The molecule has 1 aromatic rings. The Bertz CT molecular complexity index is 558. The Morgan fingerprint density at radius 3 is 2.71 bits per heavy atom. The van der Waals surface area contributed by atoms with Crippen LogP contribution in [0.4, 0.5) is 0 Å². The van der Waals surface area contributed by atoms with E-state index in [1.165, 1.54) is 0 Å². The summed E-state index contributed by atoms with van der Waals surface area (Å²) in [4.78, 5) is 24.8. The highest BCUT2D eigenvalue weighted by atomic mass is 16.3.